The molecular weight excluding hydrogens is 407 g/mol. The first-order valence-corrected chi connectivity index (χ1v) is 9.15. The SMILES string of the molecule is O=C(c1ccccc1I)N1CCN(C(=O)C2CCOCC2)CC1. The smallest absolute Gasteiger partial charge is 0.255 e. The Kier molecular flexibility index (Phi) is 5.53. The second kappa shape index (κ2) is 7.61. The van der Waals surface area contributed by atoms with Crippen molar-refractivity contribution in [3.05, 3.63) is 33.4 Å². The third kappa shape index (κ3) is 3.85. The predicted molar refractivity (Wildman–Crippen MR) is 95.2 cm³/mol. The van der Waals surface area contributed by atoms with Gasteiger partial charge in [0.15, 0.2) is 0 Å². The highest BCUT2D eigenvalue weighted by atomic mass is 127. The van der Waals surface area contributed by atoms with Crippen molar-refractivity contribution >= 4 is 34.4 Å². The van der Waals surface area contributed by atoms with Crippen LogP contribution in [0.5, 0.6) is 0 Å². The molecule has 6 heteroatoms. The number of hydrogen-bond donors (Lipinski definition) is 0. The molecule has 2 aliphatic rings. The van der Waals surface area contributed by atoms with Crippen LogP contribution in [0, 0.1) is 9.49 Å². The number of nitrogens with zero attached hydrogens (tertiary/aromatic N) is 2. The lowest BCUT2D eigenvalue weighted by Crippen LogP contribution is -2.52. The Morgan fingerprint density at radius 1 is 1.00 bits per heavy atom. The summed E-state index contributed by atoms with van der Waals surface area (Å²) in [6.07, 6.45) is 1.64. The maximum atomic E-state index is 12.6. The van der Waals surface area contributed by atoms with Crippen LogP contribution in [0.25, 0.3) is 0 Å². The van der Waals surface area contributed by atoms with Crippen LogP contribution < -0.4 is 0 Å². The zero-order chi connectivity index (χ0) is 16.2. The minimum Gasteiger partial charge on any atom is -0.381 e. The Morgan fingerprint density at radius 3 is 2.26 bits per heavy atom. The lowest BCUT2D eigenvalue weighted by molar-refractivity contribution is -0.140. The molecule has 1 aromatic carbocycles. The maximum Gasteiger partial charge on any atom is 0.255 e. The van der Waals surface area contributed by atoms with Gasteiger partial charge in [0.25, 0.3) is 5.91 Å². The maximum absolute atomic E-state index is 12.6. The van der Waals surface area contributed by atoms with Gasteiger partial charge in [-0.3, -0.25) is 9.59 Å². The van der Waals surface area contributed by atoms with E-state index < -0.39 is 0 Å². The molecule has 0 bridgehead atoms. The van der Waals surface area contributed by atoms with E-state index in [1.165, 1.54) is 0 Å². The predicted octanol–water partition coefficient (Wildman–Crippen LogP) is 2.00. The molecule has 0 aromatic heterocycles. The highest BCUT2D eigenvalue weighted by Crippen LogP contribution is 2.20. The number of piperazine rings is 1. The Morgan fingerprint density at radius 2 is 1.61 bits per heavy atom. The molecule has 124 valence electrons. The monoisotopic (exact) mass is 428 g/mol. The molecule has 0 N–H and O–H groups in total. The minimum absolute atomic E-state index is 0.0631. The number of amides is 2. The number of ether oxygens (including phenoxy) is 1. The molecule has 0 atom stereocenters. The van der Waals surface area contributed by atoms with Crippen molar-refractivity contribution < 1.29 is 14.3 Å². The van der Waals surface area contributed by atoms with Crippen molar-refractivity contribution in [3.8, 4) is 0 Å². The van der Waals surface area contributed by atoms with Crippen molar-refractivity contribution in [2.75, 3.05) is 39.4 Å². The Hall–Kier alpha value is -1.15. The first-order chi connectivity index (χ1) is 11.2. The number of carbonyl (C=O) groups excluding carboxylic acids is 2. The fourth-order valence-electron chi connectivity index (χ4n) is 3.14. The van der Waals surface area contributed by atoms with E-state index in [1.54, 1.807) is 0 Å². The van der Waals surface area contributed by atoms with Gasteiger partial charge in [0.05, 0.1) is 5.56 Å². The highest BCUT2D eigenvalue weighted by Gasteiger charge is 2.30. The number of rotatable bonds is 2. The van der Waals surface area contributed by atoms with Gasteiger partial charge >= 0.3 is 0 Å². The number of hydrogen-bond acceptors (Lipinski definition) is 3. The van der Waals surface area contributed by atoms with Crippen LogP contribution in [0.2, 0.25) is 0 Å². The van der Waals surface area contributed by atoms with Gasteiger partial charge in [-0.05, 0) is 47.6 Å². The number of benzene rings is 1. The molecule has 0 unspecified atom stereocenters. The fourth-order valence-corrected chi connectivity index (χ4v) is 3.76. The Balaban J connectivity index is 1.57. The molecule has 0 aliphatic carbocycles. The van der Waals surface area contributed by atoms with Gasteiger partial charge < -0.3 is 14.5 Å². The van der Waals surface area contributed by atoms with Crippen LogP contribution in [-0.4, -0.2) is 61.0 Å². The van der Waals surface area contributed by atoms with Crippen LogP contribution in [0.4, 0.5) is 0 Å². The van der Waals surface area contributed by atoms with E-state index >= 15 is 0 Å². The van der Waals surface area contributed by atoms with Gasteiger partial charge in [-0.15, -0.1) is 0 Å². The summed E-state index contributed by atoms with van der Waals surface area (Å²) in [4.78, 5) is 28.9. The van der Waals surface area contributed by atoms with Crippen LogP contribution in [-0.2, 0) is 9.53 Å². The summed E-state index contributed by atoms with van der Waals surface area (Å²) >= 11 is 2.19. The van der Waals surface area contributed by atoms with Crippen molar-refractivity contribution in [3.63, 3.8) is 0 Å². The second-order valence-electron chi connectivity index (χ2n) is 5.98. The van der Waals surface area contributed by atoms with E-state index in [4.69, 9.17) is 4.74 Å². The zero-order valence-corrected chi connectivity index (χ0v) is 15.2. The highest BCUT2D eigenvalue weighted by molar-refractivity contribution is 14.1. The molecule has 2 amide bonds. The van der Waals surface area contributed by atoms with Gasteiger partial charge in [0, 0.05) is 48.9 Å². The third-order valence-electron chi connectivity index (χ3n) is 4.55. The van der Waals surface area contributed by atoms with E-state index in [2.05, 4.69) is 22.6 Å². The van der Waals surface area contributed by atoms with Gasteiger partial charge in [-0.1, -0.05) is 12.1 Å². The Bertz CT molecular complexity index is 579. The topological polar surface area (TPSA) is 49.9 Å². The summed E-state index contributed by atoms with van der Waals surface area (Å²) in [7, 11) is 0. The standard InChI is InChI=1S/C17H21IN2O3/c18-15-4-2-1-3-14(15)17(22)20-9-7-19(8-10-20)16(21)13-5-11-23-12-6-13/h1-4,13H,5-12H2. The minimum atomic E-state index is 0.0631. The molecule has 0 saturated carbocycles. The molecule has 2 fully saturated rings. The number of carbonyl (C=O) groups is 2. The lowest BCUT2D eigenvalue weighted by Gasteiger charge is -2.37. The molecule has 1 aromatic rings. The molecule has 23 heavy (non-hydrogen) atoms. The van der Waals surface area contributed by atoms with Crippen molar-refractivity contribution in [2.45, 2.75) is 12.8 Å². The molecule has 2 aliphatic heterocycles. The van der Waals surface area contributed by atoms with Crippen molar-refractivity contribution in [1.82, 2.24) is 9.80 Å². The summed E-state index contributed by atoms with van der Waals surface area (Å²) in [5.74, 6) is 0.393. The van der Waals surface area contributed by atoms with Gasteiger partial charge in [0.1, 0.15) is 0 Å². The summed E-state index contributed by atoms with van der Waals surface area (Å²) in [6.45, 7) is 3.84. The van der Waals surface area contributed by atoms with E-state index in [1.807, 2.05) is 34.1 Å². The normalized spacial score (nSPS) is 19.7. The molecule has 0 spiro atoms. The average Bonchev–Trinajstić information content (AvgIpc) is 2.62. The van der Waals surface area contributed by atoms with Gasteiger partial charge in [-0.25, -0.2) is 0 Å². The molecule has 2 saturated heterocycles. The molecule has 3 rings (SSSR count). The van der Waals surface area contributed by atoms with Crippen LogP contribution >= 0.6 is 22.6 Å². The van der Waals surface area contributed by atoms with E-state index in [0.717, 1.165) is 22.0 Å². The first-order valence-electron chi connectivity index (χ1n) is 8.07. The second-order valence-corrected chi connectivity index (χ2v) is 7.15. The molecular formula is C17H21IN2O3. The lowest BCUT2D eigenvalue weighted by atomic mass is 9.98. The van der Waals surface area contributed by atoms with Crippen molar-refractivity contribution in [2.24, 2.45) is 5.92 Å². The quantitative estimate of drug-likeness (QED) is 0.678. The largest absolute Gasteiger partial charge is 0.381 e. The number of halogens is 1. The summed E-state index contributed by atoms with van der Waals surface area (Å²) in [6, 6.07) is 7.63. The third-order valence-corrected chi connectivity index (χ3v) is 5.49. The zero-order valence-electron chi connectivity index (χ0n) is 13.0. The van der Waals surface area contributed by atoms with Gasteiger partial charge in [0.2, 0.25) is 5.91 Å². The van der Waals surface area contributed by atoms with Crippen LogP contribution in [0.3, 0.4) is 0 Å². The first kappa shape index (κ1) is 16.7. The summed E-state index contributed by atoms with van der Waals surface area (Å²) in [5.41, 5.74) is 0.748. The molecule has 2 heterocycles. The fraction of sp³-hybridized carbons (Fsp3) is 0.529. The van der Waals surface area contributed by atoms with E-state index in [-0.39, 0.29) is 17.7 Å². The van der Waals surface area contributed by atoms with E-state index in [0.29, 0.717) is 39.4 Å². The summed E-state index contributed by atoms with van der Waals surface area (Å²) < 4.78 is 6.29. The summed E-state index contributed by atoms with van der Waals surface area (Å²) in [5, 5.41) is 0. The molecule has 5 nitrogen and oxygen atoms in total. The van der Waals surface area contributed by atoms with Crippen LogP contribution in [0.1, 0.15) is 23.2 Å². The van der Waals surface area contributed by atoms with Crippen molar-refractivity contribution in [1.29, 1.82) is 0 Å². The van der Waals surface area contributed by atoms with Gasteiger partial charge in [-0.2, -0.15) is 0 Å². The van der Waals surface area contributed by atoms with Crippen LogP contribution in [0.15, 0.2) is 24.3 Å². The Labute approximate surface area is 150 Å². The average molecular weight is 428 g/mol. The molecule has 0 radical (unpaired) electrons. The van der Waals surface area contributed by atoms with E-state index in [9.17, 15) is 9.59 Å².